The molecule has 0 fully saturated rings. The van der Waals surface area contributed by atoms with Crippen molar-refractivity contribution in [3.8, 4) is 5.75 Å². The number of nitrogens with one attached hydrogen (secondary N) is 3. The van der Waals surface area contributed by atoms with Crippen LogP contribution in [0.25, 0.3) is 0 Å². The second-order valence-electron chi connectivity index (χ2n) is 6.27. The van der Waals surface area contributed by atoms with Gasteiger partial charge in [-0.2, -0.15) is 0 Å². The number of aromatic amines is 1. The average molecular weight is 341 g/mol. The van der Waals surface area contributed by atoms with Gasteiger partial charge in [0.25, 0.3) is 0 Å². The third-order valence-electron chi connectivity index (χ3n) is 4.28. The summed E-state index contributed by atoms with van der Waals surface area (Å²) in [4.78, 5) is 26.4. The number of fused-ring (bicyclic) bond motifs is 1. The van der Waals surface area contributed by atoms with Crippen molar-refractivity contribution in [1.82, 2.24) is 15.6 Å². The molecular formula is C19H23N3O3. The van der Waals surface area contributed by atoms with Crippen molar-refractivity contribution in [2.45, 2.75) is 32.2 Å². The number of aryl methyl sites for hydroxylation is 2. The number of pyridine rings is 1. The predicted molar refractivity (Wildman–Crippen MR) is 96.0 cm³/mol. The Hall–Kier alpha value is -2.76. The van der Waals surface area contributed by atoms with Gasteiger partial charge in [0, 0.05) is 11.8 Å². The molecule has 0 saturated carbocycles. The Labute approximate surface area is 146 Å². The van der Waals surface area contributed by atoms with Gasteiger partial charge in [-0.3, -0.25) is 4.79 Å². The van der Waals surface area contributed by atoms with Gasteiger partial charge in [-0.1, -0.05) is 12.1 Å². The molecule has 1 heterocycles. The molecule has 6 heteroatoms. The van der Waals surface area contributed by atoms with Crippen LogP contribution in [0.1, 0.15) is 35.7 Å². The number of benzene rings is 1. The SMILES string of the molecule is Cc1cccc(OCCNC(=O)NC2CCCc3[nH]c(=O)ccc32)c1. The van der Waals surface area contributed by atoms with E-state index >= 15 is 0 Å². The van der Waals surface area contributed by atoms with Crippen LogP contribution in [-0.4, -0.2) is 24.2 Å². The van der Waals surface area contributed by atoms with Gasteiger partial charge in [0.2, 0.25) is 5.56 Å². The fraction of sp³-hybridized carbons (Fsp3) is 0.368. The monoisotopic (exact) mass is 341 g/mol. The molecule has 2 aromatic rings. The molecule has 2 amide bonds. The number of carbonyl (C=O) groups excluding carboxylic acids is 1. The molecule has 3 N–H and O–H groups in total. The van der Waals surface area contributed by atoms with Gasteiger partial charge < -0.3 is 20.4 Å². The molecule has 0 radical (unpaired) electrons. The van der Waals surface area contributed by atoms with Gasteiger partial charge >= 0.3 is 6.03 Å². The first-order chi connectivity index (χ1) is 12.1. The molecule has 0 saturated heterocycles. The normalized spacial score (nSPS) is 16.0. The third kappa shape index (κ3) is 4.62. The lowest BCUT2D eigenvalue weighted by Gasteiger charge is -2.25. The summed E-state index contributed by atoms with van der Waals surface area (Å²) in [6, 6.07) is 10.8. The van der Waals surface area contributed by atoms with E-state index in [1.54, 1.807) is 6.07 Å². The molecule has 1 atom stereocenters. The van der Waals surface area contributed by atoms with Crippen molar-refractivity contribution in [3.05, 3.63) is 63.6 Å². The van der Waals surface area contributed by atoms with Crippen LogP contribution in [0.4, 0.5) is 4.79 Å². The zero-order valence-electron chi connectivity index (χ0n) is 14.3. The number of hydrogen-bond acceptors (Lipinski definition) is 3. The van der Waals surface area contributed by atoms with Gasteiger partial charge in [-0.05, 0) is 55.5 Å². The van der Waals surface area contributed by atoms with E-state index in [1.807, 2.05) is 31.2 Å². The number of hydrogen-bond donors (Lipinski definition) is 3. The van der Waals surface area contributed by atoms with Crippen molar-refractivity contribution in [2.24, 2.45) is 0 Å². The maximum absolute atomic E-state index is 12.1. The summed E-state index contributed by atoms with van der Waals surface area (Å²) in [6.07, 6.45) is 2.65. The van der Waals surface area contributed by atoms with Gasteiger partial charge in [-0.15, -0.1) is 0 Å². The fourth-order valence-corrected chi connectivity index (χ4v) is 3.10. The Bertz CT molecular complexity index is 800. The second-order valence-corrected chi connectivity index (χ2v) is 6.27. The number of urea groups is 1. The van der Waals surface area contributed by atoms with E-state index in [0.29, 0.717) is 13.2 Å². The molecule has 6 nitrogen and oxygen atoms in total. The van der Waals surface area contributed by atoms with Crippen LogP contribution in [0, 0.1) is 6.92 Å². The standard InChI is InChI=1S/C19H23N3O3/c1-13-4-2-5-14(12-13)25-11-10-20-19(24)22-17-7-3-6-16-15(17)8-9-18(23)21-16/h2,4-5,8-9,12,17H,3,6-7,10-11H2,1H3,(H,21,23)(H2,20,22,24). The van der Waals surface area contributed by atoms with Crippen LogP contribution in [0.2, 0.25) is 0 Å². The van der Waals surface area contributed by atoms with Crippen LogP contribution >= 0.6 is 0 Å². The maximum Gasteiger partial charge on any atom is 0.315 e. The summed E-state index contributed by atoms with van der Waals surface area (Å²) in [5.74, 6) is 0.798. The Balaban J connectivity index is 1.46. The molecule has 1 aliphatic rings. The highest BCUT2D eigenvalue weighted by Gasteiger charge is 2.22. The van der Waals surface area contributed by atoms with Crippen molar-refractivity contribution in [3.63, 3.8) is 0 Å². The van der Waals surface area contributed by atoms with Crippen molar-refractivity contribution < 1.29 is 9.53 Å². The zero-order chi connectivity index (χ0) is 17.6. The predicted octanol–water partition coefficient (Wildman–Crippen LogP) is 2.44. The Morgan fingerprint density at radius 1 is 1.32 bits per heavy atom. The topological polar surface area (TPSA) is 83.2 Å². The number of amides is 2. The Morgan fingerprint density at radius 2 is 2.20 bits per heavy atom. The quantitative estimate of drug-likeness (QED) is 0.731. The summed E-state index contributed by atoms with van der Waals surface area (Å²) in [5, 5.41) is 5.78. The first-order valence-corrected chi connectivity index (χ1v) is 8.58. The average Bonchev–Trinajstić information content (AvgIpc) is 2.59. The van der Waals surface area contributed by atoms with Crippen molar-refractivity contribution in [2.75, 3.05) is 13.2 Å². The zero-order valence-corrected chi connectivity index (χ0v) is 14.3. The molecule has 0 aliphatic heterocycles. The highest BCUT2D eigenvalue weighted by Crippen LogP contribution is 2.27. The smallest absolute Gasteiger partial charge is 0.315 e. The number of H-pyrrole nitrogens is 1. The lowest BCUT2D eigenvalue weighted by Crippen LogP contribution is -2.41. The summed E-state index contributed by atoms with van der Waals surface area (Å²) in [7, 11) is 0. The summed E-state index contributed by atoms with van der Waals surface area (Å²) in [5.41, 5.74) is 2.96. The lowest BCUT2D eigenvalue weighted by atomic mass is 9.91. The van der Waals surface area contributed by atoms with Crippen LogP contribution in [0.3, 0.4) is 0 Å². The minimum atomic E-state index is -0.225. The van der Waals surface area contributed by atoms with E-state index in [2.05, 4.69) is 15.6 Å². The van der Waals surface area contributed by atoms with Crippen LogP contribution < -0.4 is 20.9 Å². The molecule has 1 aromatic heterocycles. The third-order valence-corrected chi connectivity index (χ3v) is 4.28. The summed E-state index contributed by atoms with van der Waals surface area (Å²) < 4.78 is 5.61. The van der Waals surface area contributed by atoms with Crippen LogP contribution in [0.15, 0.2) is 41.2 Å². The maximum atomic E-state index is 12.1. The van der Waals surface area contributed by atoms with Crippen LogP contribution in [0.5, 0.6) is 5.75 Å². The molecular weight excluding hydrogens is 318 g/mol. The van der Waals surface area contributed by atoms with E-state index in [0.717, 1.165) is 41.8 Å². The van der Waals surface area contributed by atoms with E-state index in [9.17, 15) is 9.59 Å². The molecule has 132 valence electrons. The van der Waals surface area contributed by atoms with E-state index in [4.69, 9.17) is 4.74 Å². The first kappa shape index (κ1) is 17.1. The van der Waals surface area contributed by atoms with Crippen molar-refractivity contribution >= 4 is 6.03 Å². The minimum Gasteiger partial charge on any atom is -0.492 e. The fourth-order valence-electron chi connectivity index (χ4n) is 3.10. The lowest BCUT2D eigenvalue weighted by molar-refractivity contribution is 0.231. The molecule has 3 rings (SSSR count). The van der Waals surface area contributed by atoms with E-state index in [-0.39, 0.29) is 17.6 Å². The van der Waals surface area contributed by atoms with Gasteiger partial charge in [0.05, 0.1) is 12.6 Å². The number of carbonyl (C=O) groups is 1. The Morgan fingerprint density at radius 3 is 3.04 bits per heavy atom. The second kappa shape index (κ2) is 7.88. The summed E-state index contributed by atoms with van der Waals surface area (Å²) in [6.45, 7) is 2.84. The highest BCUT2D eigenvalue weighted by molar-refractivity contribution is 5.74. The van der Waals surface area contributed by atoms with Gasteiger partial charge in [0.1, 0.15) is 12.4 Å². The van der Waals surface area contributed by atoms with Gasteiger partial charge in [0.15, 0.2) is 0 Å². The van der Waals surface area contributed by atoms with Gasteiger partial charge in [-0.25, -0.2) is 4.79 Å². The Kier molecular flexibility index (Phi) is 5.38. The molecule has 1 aromatic carbocycles. The minimum absolute atomic E-state index is 0.0710. The molecule has 0 bridgehead atoms. The van der Waals surface area contributed by atoms with E-state index < -0.39 is 0 Å². The van der Waals surface area contributed by atoms with E-state index in [1.165, 1.54) is 6.07 Å². The number of aromatic nitrogens is 1. The number of rotatable bonds is 5. The molecule has 0 spiro atoms. The molecule has 1 aliphatic carbocycles. The first-order valence-electron chi connectivity index (χ1n) is 8.58. The number of ether oxygens (including phenoxy) is 1. The largest absolute Gasteiger partial charge is 0.492 e. The highest BCUT2D eigenvalue weighted by atomic mass is 16.5. The van der Waals surface area contributed by atoms with Crippen LogP contribution in [-0.2, 0) is 6.42 Å². The summed E-state index contributed by atoms with van der Waals surface area (Å²) >= 11 is 0. The molecule has 25 heavy (non-hydrogen) atoms. The van der Waals surface area contributed by atoms with Crippen molar-refractivity contribution in [1.29, 1.82) is 0 Å². The molecule has 1 unspecified atom stereocenters.